The summed E-state index contributed by atoms with van der Waals surface area (Å²) in [5, 5.41) is 3.01. The molecule has 2 aromatic carbocycles. The first-order chi connectivity index (χ1) is 14.1. The number of nitrogens with zero attached hydrogens (tertiary/aromatic N) is 3. The van der Waals surface area contributed by atoms with Gasteiger partial charge in [-0.1, -0.05) is 24.3 Å². The third kappa shape index (κ3) is 4.66. The van der Waals surface area contributed by atoms with Crippen LogP contribution in [0.5, 0.6) is 0 Å². The number of benzene rings is 2. The Bertz CT molecular complexity index is 989. The number of carbonyl (C=O) groups is 1. The molecule has 0 aliphatic carbocycles. The molecule has 5 nitrogen and oxygen atoms in total. The summed E-state index contributed by atoms with van der Waals surface area (Å²) in [6.45, 7) is 3.40. The minimum atomic E-state index is -0.264. The van der Waals surface area contributed by atoms with Gasteiger partial charge in [-0.05, 0) is 61.7 Å². The molecule has 1 aliphatic rings. The second kappa shape index (κ2) is 8.49. The molecule has 0 bridgehead atoms. The number of aryl methyl sites for hydroxylation is 1. The molecule has 2 heterocycles. The molecule has 1 atom stereocenters. The second-order valence-corrected chi connectivity index (χ2v) is 7.34. The number of halogens is 1. The predicted octanol–water partition coefficient (Wildman–Crippen LogP) is 4.19. The number of hydrogen-bond donors (Lipinski definition) is 1. The number of aromatic nitrogens is 2. The van der Waals surface area contributed by atoms with Crippen LogP contribution in [0.3, 0.4) is 0 Å². The zero-order valence-corrected chi connectivity index (χ0v) is 16.3. The Labute approximate surface area is 169 Å². The van der Waals surface area contributed by atoms with Crippen molar-refractivity contribution in [3.63, 3.8) is 0 Å². The Kier molecular flexibility index (Phi) is 5.62. The smallest absolute Gasteiger partial charge is 0.241 e. The van der Waals surface area contributed by atoms with Gasteiger partial charge in [-0.3, -0.25) is 9.69 Å². The minimum absolute atomic E-state index is 0.00552. The first-order valence-corrected chi connectivity index (χ1v) is 9.77. The van der Waals surface area contributed by atoms with Crippen LogP contribution in [0.25, 0.3) is 11.1 Å². The number of likely N-dealkylation sites (tertiary alicyclic amines) is 1. The molecule has 4 rings (SSSR count). The molecule has 1 saturated heterocycles. The average Bonchev–Trinajstić information content (AvgIpc) is 3.18. The summed E-state index contributed by atoms with van der Waals surface area (Å²) in [4.78, 5) is 23.5. The van der Waals surface area contributed by atoms with Gasteiger partial charge in [0.25, 0.3) is 0 Å². The number of amides is 1. The number of rotatable bonds is 5. The lowest BCUT2D eigenvalue weighted by Crippen LogP contribution is -2.39. The van der Waals surface area contributed by atoms with Gasteiger partial charge in [0.15, 0.2) is 0 Å². The summed E-state index contributed by atoms with van der Waals surface area (Å²) in [6.07, 6.45) is 5.46. The van der Waals surface area contributed by atoms with Crippen LogP contribution in [0, 0.1) is 12.7 Å². The van der Waals surface area contributed by atoms with E-state index in [-0.39, 0.29) is 17.8 Å². The standard InChI is InChI=1S/C23H23FN4O/c1-16-25-13-17(14-26-16)15-28-11-3-6-22(28)23(29)27-21-9-7-18(8-10-21)19-4-2-5-20(24)12-19/h2,4-5,7-10,12-14,22H,3,6,11,15H2,1H3,(H,27,29)/t22-/m0/s1. The normalized spacial score (nSPS) is 16.7. The molecular weight excluding hydrogens is 367 g/mol. The van der Waals surface area contributed by atoms with E-state index >= 15 is 0 Å². The van der Waals surface area contributed by atoms with E-state index in [0.717, 1.165) is 47.6 Å². The van der Waals surface area contributed by atoms with Crippen LogP contribution in [-0.2, 0) is 11.3 Å². The summed E-state index contributed by atoms with van der Waals surface area (Å²) in [7, 11) is 0. The molecular formula is C23H23FN4O. The number of nitrogens with one attached hydrogen (secondary N) is 1. The zero-order chi connectivity index (χ0) is 20.2. The third-order valence-corrected chi connectivity index (χ3v) is 5.20. The molecule has 1 N–H and O–H groups in total. The Morgan fingerprint density at radius 1 is 1.14 bits per heavy atom. The molecule has 0 spiro atoms. The summed E-state index contributed by atoms with van der Waals surface area (Å²) >= 11 is 0. The van der Waals surface area contributed by atoms with E-state index in [1.165, 1.54) is 12.1 Å². The average molecular weight is 390 g/mol. The lowest BCUT2D eigenvalue weighted by Gasteiger charge is -2.23. The summed E-state index contributed by atoms with van der Waals surface area (Å²) < 4.78 is 13.4. The van der Waals surface area contributed by atoms with E-state index in [2.05, 4.69) is 20.2 Å². The number of anilines is 1. The zero-order valence-electron chi connectivity index (χ0n) is 16.3. The lowest BCUT2D eigenvalue weighted by atomic mass is 10.1. The molecule has 1 amide bonds. The Balaban J connectivity index is 1.41. The van der Waals surface area contributed by atoms with E-state index in [9.17, 15) is 9.18 Å². The quantitative estimate of drug-likeness (QED) is 0.710. The molecule has 1 aliphatic heterocycles. The van der Waals surface area contributed by atoms with Gasteiger partial charge in [0.1, 0.15) is 11.6 Å². The maximum absolute atomic E-state index is 13.4. The van der Waals surface area contributed by atoms with Crippen LogP contribution in [0.15, 0.2) is 60.9 Å². The summed E-state index contributed by atoms with van der Waals surface area (Å²) in [6, 6.07) is 13.8. The van der Waals surface area contributed by atoms with Gasteiger partial charge in [0.2, 0.25) is 5.91 Å². The van der Waals surface area contributed by atoms with E-state index in [1.807, 2.05) is 49.6 Å². The molecule has 6 heteroatoms. The predicted molar refractivity (Wildman–Crippen MR) is 111 cm³/mol. The van der Waals surface area contributed by atoms with E-state index < -0.39 is 0 Å². The fraction of sp³-hybridized carbons (Fsp3) is 0.261. The van der Waals surface area contributed by atoms with Crippen LogP contribution in [-0.4, -0.2) is 33.4 Å². The summed E-state index contributed by atoms with van der Waals surface area (Å²) in [5.41, 5.74) is 3.46. The van der Waals surface area contributed by atoms with Gasteiger partial charge in [0.05, 0.1) is 6.04 Å². The Morgan fingerprint density at radius 2 is 1.90 bits per heavy atom. The fourth-order valence-corrected chi connectivity index (χ4v) is 3.69. The highest BCUT2D eigenvalue weighted by Crippen LogP contribution is 2.24. The van der Waals surface area contributed by atoms with Crippen LogP contribution < -0.4 is 5.32 Å². The van der Waals surface area contributed by atoms with Gasteiger partial charge in [-0.2, -0.15) is 0 Å². The number of carbonyl (C=O) groups excluding carboxylic acids is 1. The van der Waals surface area contributed by atoms with Gasteiger partial charge < -0.3 is 5.32 Å². The van der Waals surface area contributed by atoms with Gasteiger partial charge >= 0.3 is 0 Å². The maximum atomic E-state index is 13.4. The number of hydrogen-bond acceptors (Lipinski definition) is 4. The largest absolute Gasteiger partial charge is 0.325 e. The van der Waals surface area contributed by atoms with Crippen molar-refractivity contribution in [2.24, 2.45) is 0 Å². The molecule has 1 aromatic heterocycles. The highest BCUT2D eigenvalue weighted by atomic mass is 19.1. The first kappa shape index (κ1) is 19.2. The van der Waals surface area contributed by atoms with E-state index in [4.69, 9.17) is 0 Å². The second-order valence-electron chi connectivity index (χ2n) is 7.34. The third-order valence-electron chi connectivity index (χ3n) is 5.20. The Morgan fingerprint density at radius 3 is 2.62 bits per heavy atom. The SMILES string of the molecule is Cc1ncc(CN2CCC[C@H]2C(=O)Nc2ccc(-c3cccc(F)c3)cc2)cn1. The molecule has 0 radical (unpaired) electrons. The van der Waals surface area contributed by atoms with Crippen LogP contribution in [0.4, 0.5) is 10.1 Å². The lowest BCUT2D eigenvalue weighted by molar-refractivity contribution is -0.120. The molecule has 148 valence electrons. The van der Waals surface area contributed by atoms with Crippen molar-refractivity contribution < 1.29 is 9.18 Å². The van der Waals surface area contributed by atoms with Crippen molar-refractivity contribution in [2.45, 2.75) is 32.4 Å². The van der Waals surface area contributed by atoms with Crippen molar-refractivity contribution in [1.82, 2.24) is 14.9 Å². The van der Waals surface area contributed by atoms with Crippen molar-refractivity contribution >= 4 is 11.6 Å². The topological polar surface area (TPSA) is 58.1 Å². The van der Waals surface area contributed by atoms with Crippen LogP contribution in [0.2, 0.25) is 0 Å². The fourth-order valence-electron chi connectivity index (χ4n) is 3.69. The molecule has 1 fully saturated rings. The van der Waals surface area contributed by atoms with Gasteiger partial charge in [0, 0.05) is 30.2 Å². The summed E-state index contributed by atoms with van der Waals surface area (Å²) in [5.74, 6) is 0.473. The van der Waals surface area contributed by atoms with Crippen molar-refractivity contribution in [3.05, 3.63) is 78.1 Å². The molecule has 29 heavy (non-hydrogen) atoms. The highest BCUT2D eigenvalue weighted by molar-refractivity contribution is 5.95. The van der Waals surface area contributed by atoms with Crippen LogP contribution >= 0.6 is 0 Å². The Hall–Kier alpha value is -3.12. The van der Waals surface area contributed by atoms with Crippen molar-refractivity contribution in [2.75, 3.05) is 11.9 Å². The van der Waals surface area contributed by atoms with E-state index in [1.54, 1.807) is 6.07 Å². The van der Waals surface area contributed by atoms with Crippen molar-refractivity contribution in [1.29, 1.82) is 0 Å². The van der Waals surface area contributed by atoms with Gasteiger partial charge in [-0.15, -0.1) is 0 Å². The van der Waals surface area contributed by atoms with Gasteiger partial charge in [-0.25, -0.2) is 14.4 Å². The monoisotopic (exact) mass is 390 g/mol. The minimum Gasteiger partial charge on any atom is -0.325 e. The highest BCUT2D eigenvalue weighted by Gasteiger charge is 2.30. The van der Waals surface area contributed by atoms with Crippen LogP contribution in [0.1, 0.15) is 24.2 Å². The maximum Gasteiger partial charge on any atom is 0.241 e. The molecule has 0 unspecified atom stereocenters. The molecule has 0 saturated carbocycles. The first-order valence-electron chi connectivity index (χ1n) is 9.77. The van der Waals surface area contributed by atoms with Crippen molar-refractivity contribution in [3.8, 4) is 11.1 Å². The molecule has 3 aromatic rings. The van der Waals surface area contributed by atoms with E-state index in [0.29, 0.717) is 6.54 Å².